The molecule has 0 saturated carbocycles. The first kappa shape index (κ1) is 12.8. The number of Topliss-reactive ketones (excluding diaryl/α,β-unsaturated/α-hetero) is 1. The van der Waals surface area contributed by atoms with Gasteiger partial charge in [0.15, 0.2) is 5.78 Å². The van der Waals surface area contributed by atoms with Crippen molar-refractivity contribution < 1.29 is 14.3 Å². The van der Waals surface area contributed by atoms with E-state index in [4.69, 9.17) is 9.47 Å². The fraction of sp³-hybridized carbons (Fsp3) is 0.562. The SMILES string of the molecule is CC1CCOC1C(=O)CC1OCCc2ccccc21. The number of ether oxygens (including phenoxy) is 2. The van der Waals surface area contributed by atoms with Crippen LogP contribution in [-0.2, 0) is 20.7 Å². The van der Waals surface area contributed by atoms with Crippen molar-refractivity contribution in [2.45, 2.75) is 38.4 Å². The Hall–Kier alpha value is -1.19. The van der Waals surface area contributed by atoms with Crippen LogP contribution in [0.15, 0.2) is 24.3 Å². The fourth-order valence-corrected chi connectivity index (χ4v) is 3.05. The first-order valence-corrected chi connectivity index (χ1v) is 7.09. The van der Waals surface area contributed by atoms with Gasteiger partial charge in [0.1, 0.15) is 6.10 Å². The van der Waals surface area contributed by atoms with E-state index < -0.39 is 0 Å². The number of hydrogen-bond donors (Lipinski definition) is 0. The highest BCUT2D eigenvalue weighted by Crippen LogP contribution is 2.32. The normalized spacial score (nSPS) is 30.1. The molecule has 0 aliphatic carbocycles. The van der Waals surface area contributed by atoms with Gasteiger partial charge >= 0.3 is 0 Å². The molecule has 2 heterocycles. The second kappa shape index (κ2) is 5.43. The van der Waals surface area contributed by atoms with Crippen molar-refractivity contribution in [3.8, 4) is 0 Å². The quantitative estimate of drug-likeness (QED) is 0.838. The van der Waals surface area contributed by atoms with Crippen LogP contribution in [0, 0.1) is 5.92 Å². The van der Waals surface area contributed by atoms with E-state index in [0.717, 1.165) is 12.8 Å². The van der Waals surface area contributed by atoms with Crippen molar-refractivity contribution in [2.75, 3.05) is 13.2 Å². The van der Waals surface area contributed by atoms with Crippen molar-refractivity contribution in [1.29, 1.82) is 0 Å². The van der Waals surface area contributed by atoms with E-state index in [1.807, 2.05) is 12.1 Å². The third kappa shape index (κ3) is 2.58. The van der Waals surface area contributed by atoms with E-state index in [0.29, 0.717) is 25.6 Å². The van der Waals surface area contributed by atoms with Crippen LogP contribution in [0.4, 0.5) is 0 Å². The molecule has 1 aromatic carbocycles. The number of ketones is 1. The first-order valence-electron chi connectivity index (χ1n) is 7.09. The van der Waals surface area contributed by atoms with Crippen molar-refractivity contribution in [3.05, 3.63) is 35.4 Å². The van der Waals surface area contributed by atoms with Gasteiger partial charge in [0, 0.05) is 13.0 Å². The lowest BCUT2D eigenvalue weighted by atomic mass is 9.91. The van der Waals surface area contributed by atoms with Crippen molar-refractivity contribution in [1.82, 2.24) is 0 Å². The average molecular weight is 260 g/mol. The molecule has 1 fully saturated rings. The summed E-state index contributed by atoms with van der Waals surface area (Å²) in [6, 6.07) is 8.26. The van der Waals surface area contributed by atoms with Gasteiger partial charge in [-0.05, 0) is 29.9 Å². The molecule has 1 saturated heterocycles. The molecular weight excluding hydrogens is 240 g/mol. The Morgan fingerprint density at radius 2 is 2.11 bits per heavy atom. The summed E-state index contributed by atoms with van der Waals surface area (Å²) >= 11 is 0. The van der Waals surface area contributed by atoms with Crippen molar-refractivity contribution >= 4 is 5.78 Å². The Labute approximate surface area is 113 Å². The molecule has 2 aliphatic heterocycles. The van der Waals surface area contributed by atoms with Gasteiger partial charge in [0.25, 0.3) is 0 Å². The zero-order valence-electron chi connectivity index (χ0n) is 11.3. The molecule has 102 valence electrons. The van der Waals surface area contributed by atoms with Crippen LogP contribution in [-0.4, -0.2) is 25.1 Å². The van der Waals surface area contributed by atoms with Crippen LogP contribution < -0.4 is 0 Å². The summed E-state index contributed by atoms with van der Waals surface area (Å²) in [5.74, 6) is 0.526. The summed E-state index contributed by atoms with van der Waals surface area (Å²) < 4.78 is 11.3. The topological polar surface area (TPSA) is 35.5 Å². The maximum atomic E-state index is 12.3. The van der Waals surface area contributed by atoms with Gasteiger partial charge in [0.05, 0.1) is 12.7 Å². The minimum Gasteiger partial charge on any atom is -0.373 e. The number of carbonyl (C=O) groups is 1. The fourth-order valence-electron chi connectivity index (χ4n) is 3.05. The molecular formula is C16H20O3. The second-order valence-corrected chi connectivity index (χ2v) is 5.54. The Kier molecular flexibility index (Phi) is 3.67. The van der Waals surface area contributed by atoms with Crippen LogP contribution in [0.3, 0.4) is 0 Å². The monoisotopic (exact) mass is 260 g/mol. The van der Waals surface area contributed by atoms with Crippen LogP contribution in [0.1, 0.15) is 37.0 Å². The Balaban J connectivity index is 1.72. The number of carbonyl (C=O) groups excluding carboxylic acids is 1. The smallest absolute Gasteiger partial charge is 0.164 e. The van der Waals surface area contributed by atoms with Crippen molar-refractivity contribution in [2.24, 2.45) is 5.92 Å². The minimum absolute atomic E-state index is 0.0890. The van der Waals surface area contributed by atoms with Gasteiger partial charge in [-0.15, -0.1) is 0 Å². The highest BCUT2D eigenvalue weighted by Gasteiger charge is 2.33. The van der Waals surface area contributed by atoms with Crippen LogP contribution in [0.5, 0.6) is 0 Å². The average Bonchev–Trinajstić information content (AvgIpc) is 2.85. The van der Waals surface area contributed by atoms with Gasteiger partial charge in [-0.2, -0.15) is 0 Å². The van der Waals surface area contributed by atoms with E-state index in [9.17, 15) is 4.79 Å². The van der Waals surface area contributed by atoms with E-state index in [1.165, 1.54) is 11.1 Å². The summed E-state index contributed by atoms with van der Waals surface area (Å²) in [4.78, 5) is 12.3. The second-order valence-electron chi connectivity index (χ2n) is 5.54. The molecule has 0 amide bonds. The maximum Gasteiger partial charge on any atom is 0.164 e. The Morgan fingerprint density at radius 1 is 1.26 bits per heavy atom. The van der Waals surface area contributed by atoms with Crippen LogP contribution >= 0.6 is 0 Å². The Morgan fingerprint density at radius 3 is 2.89 bits per heavy atom. The molecule has 0 bridgehead atoms. The molecule has 0 spiro atoms. The largest absolute Gasteiger partial charge is 0.373 e. The molecule has 3 nitrogen and oxygen atoms in total. The molecule has 0 aromatic heterocycles. The lowest BCUT2D eigenvalue weighted by Gasteiger charge is -2.26. The first-order chi connectivity index (χ1) is 9.25. The van der Waals surface area contributed by atoms with E-state index in [1.54, 1.807) is 0 Å². The summed E-state index contributed by atoms with van der Waals surface area (Å²) in [6.07, 6.45) is 2.05. The van der Waals surface area contributed by atoms with E-state index in [2.05, 4.69) is 19.1 Å². The summed E-state index contributed by atoms with van der Waals surface area (Å²) in [6.45, 7) is 3.50. The van der Waals surface area contributed by atoms with Gasteiger partial charge < -0.3 is 9.47 Å². The number of benzene rings is 1. The van der Waals surface area contributed by atoms with Crippen LogP contribution in [0.25, 0.3) is 0 Å². The van der Waals surface area contributed by atoms with Crippen molar-refractivity contribution in [3.63, 3.8) is 0 Å². The summed E-state index contributed by atoms with van der Waals surface area (Å²) in [7, 11) is 0. The third-order valence-corrected chi connectivity index (χ3v) is 4.18. The number of fused-ring (bicyclic) bond motifs is 1. The van der Waals surface area contributed by atoms with Gasteiger partial charge in [-0.25, -0.2) is 0 Å². The Bertz CT molecular complexity index is 469. The maximum absolute atomic E-state index is 12.3. The molecule has 3 atom stereocenters. The lowest BCUT2D eigenvalue weighted by Crippen LogP contribution is -2.28. The van der Waals surface area contributed by atoms with Gasteiger partial charge in [0.2, 0.25) is 0 Å². The molecule has 0 N–H and O–H groups in total. The third-order valence-electron chi connectivity index (χ3n) is 4.18. The highest BCUT2D eigenvalue weighted by molar-refractivity contribution is 5.84. The molecule has 19 heavy (non-hydrogen) atoms. The predicted octanol–water partition coefficient (Wildman–Crippen LogP) is 2.68. The standard InChI is InChI=1S/C16H20O3/c1-11-6-8-19-16(11)14(17)10-15-13-5-3-2-4-12(13)7-9-18-15/h2-5,11,15-16H,6-10H2,1H3. The molecule has 0 radical (unpaired) electrons. The zero-order chi connectivity index (χ0) is 13.2. The van der Waals surface area contributed by atoms with Gasteiger partial charge in [-0.1, -0.05) is 31.2 Å². The summed E-state index contributed by atoms with van der Waals surface area (Å²) in [5.41, 5.74) is 2.49. The molecule has 3 rings (SSSR count). The minimum atomic E-state index is -0.224. The van der Waals surface area contributed by atoms with Crippen LogP contribution in [0.2, 0.25) is 0 Å². The predicted molar refractivity (Wildman–Crippen MR) is 72.0 cm³/mol. The summed E-state index contributed by atoms with van der Waals surface area (Å²) in [5, 5.41) is 0. The number of rotatable bonds is 3. The molecule has 1 aromatic rings. The molecule has 2 aliphatic rings. The lowest BCUT2D eigenvalue weighted by molar-refractivity contribution is -0.132. The number of hydrogen-bond acceptors (Lipinski definition) is 3. The highest BCUT2D eigenvalue weighted by atomic mass is 16.5. The van der Waals surface area contributed by atoms with Gasteiger partial charge in [-0.3, -0.25) is 4.79 Å². The molecule has 3 unspecified atom stereocenters. The van der Waals surface area contributed by atoms with E-state index in [-0.39, 0.29) is 18.0 Å². The zero-order valence-corrected chi connectivity index (χ0v) is 11.3. The molecule has 3 heteroatoms. The van der Waals surface area contributed by atoms with E-state index >= 15 is 0 Å².